The van der Waals surface area contributed by atoms with E-state index in [2.05, 4.69) is 15.8 Å². The van der Waals surface area contributed by atoms with Gasteiger partial charge in [0.1, 0.15) is 5.69 Å². The Balaban J connectivity index is 1.64. The second kappa shape index (κ2) is 11.4. The van der Waals surface area contributed by atoms with Gasteiger partial charge in [-0.15, -0.1) is 0 Å². The van der Waals surface area contributed by atoms with Crippen molar-refractivity contribution in [2.45, 2.75) is 13.8 Å². The number of nitro benzene ring substituents is 2. The van der Waals surface area contributed by atoms with E-state index in [4.69, 9.17) is 9.47 Å². The first-order valence-corrected chi connectivity index (χ1v) is 10.6. The van der Waals surface area contributed by atoms with Gasteiger partial charge in [-0.25, -0.2) is 0 Å². The molecule has 36 heavy (non-hydrogen) atoms. The summed E-state index contributed by atoms with van der Waals surface area (Å²) < 4.78 is 10.9. The number of rotatable bonds is 10. The number of carbonyl (C=O) groups excluding carboxylic acids is 1. The number of benzene rings is 3. The highest BCUT2D eigenvalue weighted by atomic mass is 16.6. The van der Waals surface area contributed by atoms with Crippen molar-refractivity contribution < 1.29 is 24.1 Å². The van der Waals surface area contributed by atoms with Crippen molar-refractivity contribution in [3.05, 3.63) is 91.5 Å². The summed E-state index contributed by atoms with van der Waals surface area (Å²) in [6, 6.07) is 13.6. The molecule has 2 N–H and O–H groups in total. The fraction of sp³-hybridized carbons (Fsp3) is 0.167. The smallest absolute Gasteiger partial charge is 0.301 e. The Morgan fingerprint density at radius 2 is 1.75 bits per heavy atom. The molecule has 1 amide bonds. The molecule has 0 radical (unpaired) electrons. The lowest BCUT2D eigenvalue weighted by molar-refractivity contribution is -0.393. The first-order chi connectivity index (χ1) is 17.2. The molecule has 0 aliphatic carbocycles. The molecule has 0 unspecified atom stereocenters. The highest BCUT2D eigenvalue weighted by Crippen LogP contribution is 2.30. The predicted molar refractivity (Wildman–Crippen MR) is 134 cm³/mol. The van der Waals surface area contributed by atoms with Gasteiger partial charge in [0.25, 0.3) is 11.6 Å². The second-order valence-electron chi connectivity index (χ2n) is 7.63. The maximum Gasteiger partial charge on any atom is 0.301 e. The first kappa shape index (κ1) is 25.6. The average molecular weight is 493 g/mol. The number of nitrogens with one attached hydrogen (secondary N) is 2. The summed E-state index contributed by atoms with van der Waals surface area (Å²) in [4.78, 5) is 32.9. The number of aryl methyl sites for hydroxylation is 2. The lowest BCUT2D eigenvalue weighted by Crippen LogP contribution is -2.20. The zero-order chi connectivity index (χ0) is 26.2. The third-order valence-corrected chi connectivity index (χ3v) is 5.12. The molecule has 0 heterocycles. The number of carbonyl (C=O) groups is 1. The SMILES string of the molecule is COc1cc(/C=N\Nc2ccc([N+](=O)[O-])cc2[N+](=O)[O-])ccc1OCC(=O)Nc1ccc(C)c(C)c1. The summed E-state index contributed by atoms with van der Waals surface area (Å²) in [6.07, 6.45) is 1.38. The van der Waals surface area contributed by atoms with Crippen LogP contribution in [0, 0.1) is 34.1 Å². The predicted octanol–water partition coefficient (Wildman–Crippen LogP) is 4.59. The molecule has 12 heteroatoms. The van der Waals surface area contributed by atoms with Crippen LogP contribution in [0.2, 0.25) is 0 Å². The monoisotopic (exact) mass is 493 g/mol. The van der Waals surface area contributed by atoms with Crippen LogP contribution < -0.4 is 20.2 Å². The summed E-state index contributed by atoms with van der Waals surface area (Å²) in [6.45, 7) is 3.71. The van der Waals surface area contributed by atoms with Crippen LogP contribution >= 0.6 is 0 Å². The van der Waals surface area contributed by atoms with Crippen LogP contribution in [0.25, 0.3) is 0 Å². The highest BCUT2D eigenvalue weighted by Gasteiger charge is 2.19. The second-order valence-corrected chi connectivity index (χ2v) is 7.63. The van der Waals surface area contributed by atoms with Crippen LogP contribution in [0.3, 0.4) is 0 Å². The molecule has 3 aromatic carbocycles. The Labute approximate surface area is 205 Å². The van der Waals surface area contributed by atoms with Gasteiger partial charge >= 0.3 is 5.69 Å². The Bertz CT molecular complexity index is 1340. The van der Waals surface area contributed by atoms with E-state index >= 15 is 0 Å². The molecule has 0 bridgehead atoms. The van der Waals surface area contributed by atoms with E-state index < -0.39 is 21.2 Å². The Morgan fingerprint density at radius 3 is 2.42 bits per heavy atom. The fourth-order valence-corrected chi connectivity index (χ4v) is 3.10. The maximum absolute atomic E-state index is 12.3. The van der Waals surface area contributed by atoms with E-state index in [0.29, 0.717) is 22.7 Å². The van der Waals surface area contributed by atoms with Gasteiger partial charge in [0, 0.05) is 11.8 Å². The number of ether oxygens (including phenoxy) is 2. The summed E-state index contributed by atoms with van der Waals surface area (Å²) >= 11 is 0. The molecule has 0 atom stereocenters. The average Bonchev–Trinajstić information content (AvgIpc) is 2.85. The van der Waals surface area contributed by atoms with Gasteiger partial charge in [-0.1, -0.05) is 6.07 Å². The topological polar surface area (TPSA) is 158 Å². The number of hydrogen-bond donors (Lipinski definition) is 2. The van der Waals surface area contributed by atoms with Crippen molar-refractivity contribution in [1.29, 1.82) is 0 Å². The molecule has 0 aromatic heterocycles. The van der Waals surface area contributed by atoms with Gasteiger partial charge in [-0.2, -0.15) is 5.10 Å². The van der Waals surface area contributed by atoms with Crippen molar-refractivity contribution in [1.82, 2.24) is 0 Å². The molecular formula is C24H23N5O7. The van der Waals surface area contributed by atoms with E-state index in [0.717, 1.165) is 23.3 Å². The van der Waals surface area contributed by atoms with Crippen molar-refractivity contribution in [3.63, 3.8) is 0 Å². The van der Waals surface area contributed by atoms with Gasteiger partial charge in [0.05, 0.1) is 29.2 Å². The number of non-ortho nitro benzene ring substituents is 1. The standard InChI is InChI=1S/C24H23N5O7/c1-15-4-6-18(10-16(15)2)26-24(30)14-36-22-9-5-17(11-23(22)35-3)13-25-27-20-8-7-19(28(31)32)12-21(20)29(33)34/h4-13,27H,14H2,1-3H3,(H,26,30)/b25-13-. The number of hydrazone groups is 1. The number of nitrogens with zero attached hydrogens (tertiary/aromatic N) is 3. The van der Waals surface area contributed by atoms with E-state index in [-0.39, 0.29) is 18.2 Å². The normalized spacial score (nSPS) is 10.6. The van der Waals surface area contributed by atoms with E-state index in [1.807, 2.05) is 32.0 Å². The van der Waals surface area contributed by atoms with E-state index in [9.17, 15) is 25.0 Å². The Kier molecular flexibility index (Phi) is 8.13. The van der Waals surface area contributed by atoms with Crippen LogP contribution in [0.4, 0.5) is 22.7 Å². The van der Waals surface area contributed by atoms with Crippen molar-refractivity contribution >= 4 is 34.9 Å². The largest absolute Gasteiger partial charge is 0.493 e. The molecule has 0 aliphatic heterocycles. The molecule has 3 aromatic rings. The minimum Gasteiger partial charge on any atom is -0.493 e. The third-order valence-electron chi connectivity index (χ3n) is 5.12. The summed E-state index contributed by atoms with van der Waals surface area (Å²) in [5.41, 5.74) is 5.04. The van der Waals surface area contributed by atoms with Crippen molar-refractivity contribution in [3.8, 4) is 11.5 Å². The maximum atomic E-state index is 12.3. The zero-order valence-corrected chi connectivity index (χ0v) is 19.7. The van der Waals surface area contributed by atoms with E-state index in [1.165, 1.54) is 19.4 Å². The van der Waals surface area contributed by atoms with Crippen LogP contribution in [0.1, 0.15) is 16.7 Å². The Morgan fingerprint density at radius 1 is 0.972 bits per heavy atom. The van der Waals surface area contributed by atoms with Crippen LogP contribution in [0.5, 0.6) is 11.5 Å². The van der Waals surface area contributed by atoms with Crippen LogP contribution in [-0.4, -0.2) is 35.7 Å². The summed E-state index contributed by atoms with van der Waals surface area (Å²) in [7, 11) is 1.44. The van der Waals surface area contributed by atoms with Gasteiger partial charge in [-0.05, 0) is 66.9 Å². The minimum absolute atomic E-state index is 0.0106. The van der Waals surface area contributed by atoms with Gasteiger partial charge in [0.15, 0.2) is 18.1 Å². The fourth-order valence-electron chi connectivity index (χ4n) is 3.10. The third kappa shape index (κ3) is 6.53. The molecule has 0 fully saturated rings. The van der Waals surface area contributed by atoms with Crippen molar-refractivity contribution in [2.24, 2.45) is 5.10 Å². The molecule has 186 valence electrons. The zero-order valence-electron chi connectivity index (χ0n) is 19.7. The van der Waals surface area contributed by atoms with E-state index in [1.54, 1.807) is 18.2 Å². The molecule has 0 aliphatic rings. The lowest BCUT2D eigenvalue weighted by Gasteiger charge is -2.12. The minimum atomic E-state index is -0.740. The quantitative estimate of drug-likeness (QED) is 0.236. The van der Waals surface area contributed by atoms with Gasteiger partial charge < -0.3 is 14.8 Å². The lowest BCUT2D eigenvalue weighted by atomic mass is 10.1. The van der Waals surface area contributed by atoms with Crippen molar-refractivity contribution in [2.75, 3.05) is 24.5 Å². The number of anilines is 2. The number of methoxy groups -OCH3 is 1. The molecule has 12 nitrogen and oxygen atoms in total. The van der Waals surface area contributed by atoms with Crippen LogP contribution in [0.15, 0.2) is 59.7 Å². The number of nitro groups is 2. The first-order valence-electron chi connectivity index (χ1n) is 10.6. The van der Waals surface area contributed by atoms with Crippen LogP contribution in [-0.2, 0) is 4.79 Å². The van der Waals surface area contributed by atoms with Gasteiger partial charge in [-0.3, -0.25) is 30.4 Å². The number of amides is 1. The summed E-state index contributed by atoms with van der Waals surface area (Å²) in [5, 5.41) is 28.8. The summed E-state index contributed by atoms with van der Waals surface area (Å²) in [5.74, 6) is 0.350. The molecule has 0 saturated heterocycles. The highest BCUT2D eigenvalue weighted by molar-refractivity contribution is 5.92. The molecule has 0 spiro atoms. The molecular weight excluding hydrogens is 470 g/mol. The number of hydrogen-bond acceptors (Lipinski definition) is 9. The Hall–Kier alpha value is -5.00. The van der Waals surface area contributed by atoms with Gasteiger partial charge in [0.2, 0.25) is 0 Å². The molecule has 3 rings (SSSR count). The molecule has 0 saturated carbocycles.